The standard InChI is InChI=1S/C28H36ClNO2/c1-3-31-26-10-6-8-23(27(26)32-18-24-7-4-5-9-25(24)29)17-30-19(2)28-14-20-11-21(15-28)13-22(12-20)16-28/h4-10,19-22,30H,3,11-18H2,1-2H3/t19-,20?,21?,22?,28?/m1/s1. The summed E-state index contributed by atoms with van der Waals surface area (Å²) in [6.07, 6.45) is 8.72. The number of para-hydroxylation sites is 1. The van der Waals surface area contributed by atoms with Gasteiger partial charge in [-0.25, -0.2) is 0 Å². The number of hydrogen-bond donors (Lipinski definition) is 1. The molecule has 4 aliphatic rings. The van der Waals surface area contributed by atoms with Crippen molar-refractivity contribution in [2.75, 3.05) is 6.61 Å². The molecule has 1 atom stereocenters. The normalized spacial score (nSPS) is 29.2. The van der Waals surface area contributed by atoms with Gasteiger partial charge in [-0.3, -0.25) is 0 Å². The van der Waals surface area contributed by atoms with Crippen molar-refractivity contribution >= 4 is 11.6 Å². The first kappa shape index (κ1) is 22.1. The molecule has 0 radical (unpaired) electrons. The van der Waals surface area contributed by atoms with Crippen LogP contribution in [-0.2, 0) is 13.2 Å². The molecule has 0 amide bonds. The lowest BCUT2D eigenvalue weighted by atomic mass is 9.48. The molecule has 172 valence electrons. The zero-order valence-corrected chi connectivity index (χ0v) is 20.2. The lowest BCUT2D eigenvalue weighted by Crippen LogP contribution is -2.54. The minimum absolute atomic E-state index is 0.432. The molecule has 2 aromatic rings. The summed E-state index contributed by atoms with van der Waals surface area (Å²) in [5.74, 6) is 4.56. The first-order valence-electron chi connectivity index (χ1n) is 12.4. The van der Waals surface area contributed by atoms with Crippen molar-refractivity contribution < 1.29 is 9.47 Å². The van der Waals surface area contributed by atoms with Crippen LogP contribution in [0.3, 0.4) is 0 Å². The molecule has 0 aliphatic heterocycles. The van der Waals surface area contributed by atoms with Gasteiger partial charge in [-0.2, -0.15) is 0 Å². The molecule has 4 fully saturated rings. The third kappa shape index (κ3) is 4.39. The number of nitrogens with one attached hydrogen (secondary N) is 1. The molecule has 2 aromatic carbocycles. The molecule has 4 bridgehead atoms. The van der Waals surface area contributed by atoms with Crippen molar-refractivity contribution in [2.24, 2.45) is 23.2 Å². The topological polar surface area (TPSA) is 30.5 Å². The Bertz CT molecular complexity index is 907. The highest BCUT2D eigenvalue weighted by Crippen LogP contribution is 2.61. The molecule has 0 aromatic heterocycles. The van der Waals surface area contributed by atoms with Crippen molar-refractivity contribution in [1.29, 1.82) is 0 Å². The second-order valence-electron chi connectivity index (χ2n) is 10.4. The minimum atomic E-state index is 0.432. The van der Waals surface area contributed by atoms with E-state index in [0.717, 1.165) is 51.9 Å². The summed E-state index contributed by atoms with van der Waals surface area (Å²) in [6.45, 7) is 6.27. The van der Waals surface area contributed by atoms with Gasteiger partial charge in [0.2, 0.25) is 0 Å². The molecular formula is C28H36ClNO2. The van der Waals surface area contributed by atoms with Gasteiger partial charge >= 0.3 is 0 Å². The minimum Gasteiger partial charge on any atom is -0.490 e. The van der Waals surface area contributed by atoms with Crippen molar-refractivity contribution in [3.8, 4) is 11.5 Å². The van der Waals surface area contributed by atoms with E-state index in [4.69, 9.17) is 21.1 Å². The summed E-state index contributed by atoms with van der Waals surface area (Å²) in [7, 11) is 0. The Hall–Kier alpha value is -1.71. The van der Waals surface area contributed by atoms with Crippen molar-refractivity contribution in [1.82, 2.24) is 5.32 Å². The molecule has 0 spiro atoms. The lowest BCUT2D eigenvalue weighted by Gasteiger charge is -2.59. The maximum Gasteiger partial charge on any atom is 0.166 e. The second kappa shape index (κ2) is 9.27. The predicted molar refractivity (Wildman–Crippen MR) is 130 cm³/mol. The van der Waals surface area contributed by atoms with Gasteiger partial charge in [0.15, 0.2) is 11.5 Å². The summed E-state index contributed by atoms with van der Waals surface area (Å²) in [6, 6.07) is 14.6. The number of halogens is 1. The van der Waals surface area contributed by atoms with Crippen molar-refractivity contribution in [3.63, 3.8) is 0 Å². The van der Waals surface area contributed by atoms with Gasteiger partial charge in [0.25, 0.3) is 0 Å². The van der Waals surface area contributed by atoms with Crippen molar-refractivity contribution in [2.45, 2.75) is 71.6 Å². The highest BCUT2D eigenvalue weighted by molar-refractivity contribution is 6.31. The Morgan fingerprint density at radius 1 is 0.938 bits per heavy atom. The van der Waals surface area contributed by atoms with Crippen LogP contribution in [0.1, 0.15) is 63.5 Å². The largest absolute Gasteiger partial charge is 0.490 e. The molecule has 4 aliphatic carbocycles. The van der Waals surface area contributed by atoms with Gasteiger partial charge in [-0.05, 0) is 87.7 Å². The van der Waals surface area contributed by atoms with E-state index in [1.807, 2.05) is 37.3 Å². The Balaban J connectivity index is 1.31. The number of benzene rings is 2. The van der Waals surface area contributed by atoms with Gasteiger partial charge in [0.1, 0.15) is 6.61 Å². The zero-order valence-electron chi connectivity index (χ0n) is 19.4. The number of rotatable bonds is 9. The number of ether oxygens (including phenoxy) is 2. The summed E-state index contributed by atoms with van der Waals surface area (Å²) in [5, 5.41) is 4.65. The first-order chi connectivity index (χ1) is 15.6. The van der Waals surface area contributed by atoms with Crippen molar-refractivity contribution in [3.05, 3.63) is 58.6 Å². The Labute approximate surface area is 197 Å². The zero-order chi connectivity index (χ0) is 22.1. The molecule has 0 saturated heterocycles. The van der Waals surface area contributed by atoms with Crippen LogP contribution in [0.4, 0.5) is 0 Å². The Morgan fingerprint density at radius 3 is 2.25 bits per heavy atom. The van der Waals surface area contributed by atoms with Gasteiger partial charge < -0.3 is 14.8 Å². The fourth-order valence-electron chi connectivity index (χ4n) is 7.09. The lowest BCUT2D eigenvalue weighted by molar-refractivity contribution is -0.0706. The fourth-order valence-corrected chi connectivity index (χ4v) is 7.28. The van der Waals surface area contributed by atoms with Gasteiger partial charge in [0, 0.05) is 28.7 Å². The van der Waals surface area contributed by atoms with E-state index in [1.54, 1.807) is 0 Å². The summed E-state index contributed by atoms with van der Waals surface area (Å²) in [5.41, 5.74) is 2.63. The van der Waals surface area contributed by atoms with E-state index in [2.05, 4.69) is 24.4 Å². The van der Waals surface area contributed by atoms with E-state index in [0.29, 0.717) is 24.7 Å². The Kier molecular flexibility index (Phi) is 6.40. The van der Waals surface area contributed by atoms with E-state index >= 15 is 0 Å². The quantitative estimate of drug-likeness (QED) is 0.442. The van der Waals surface area contributed by atoms with Gasteiger partial charge in [0.05, 0.1) is 6.61 Å². The molecule has 0 heterocycles. The molecule has 3 nitrogen and oxygen atoms in total. The summed E-state index contributed by atoms with van der Waals surface area (Å²) in [4.78, 5) is 0. The smallest absolute Gasteiger partial charge is 0.166 e. The molecule has 6 rings (SSSR count). The molecular weight excluding hydrogens is 418 g/mol. The fraction of sp³-hybridized carbons (Fsp3) is 0.571. The van der Waals surface area contributed by atoms with Gasteiger partial charge in [-0.1, -0.05) is 41.9 Å². The molecule has 4 heteroatoms. The third-order valence-corrected chi connectivity index (χ3v) is 8.66. The predicted octanol–water partition coefficient (Wildman–Crippen LogP) is 7.01. The van der Waals surface area contributed by atoms with E-state index < -0.39 is 0 Å². The highest BCUT2D eigenvalue weighted by atomic mass is 35.5. The third-order valence-electron chi connectivity index (χ3n) is 8.29. The van der Waals surface area contributed by atoms with Gasteiger partial charge in [-0.15, -0.1) is 0 Å². The van der Waals surface area contributed by atoms with Crippen LogP contribution in [0.5, 0.6) is 11.5 Å². The average molecular weight is 454 g/mol. The molecule has 32 heavy (non-hydrogen) atoms. The summed E-state index contributed by atoms with van der Waals surface area (Å²) >= 11 is 6.36. The van der Waals surface area contributed by atoms with E-state index in [-0.39, 0.29) is 0 Å². The van der Waals surface area contributed by atoms with E-state index in [9.17, 15) is 0 Å². The summed E-state index contributed by atoms with van der Waals surface area (Å²) < 4.78 is 12.2. The first-order valence-corrected chi connectivity index (χ1v) is 12.8. The van der Waals surface area contributed by atoms with Crippen LogP contribution < -0.4 is 14.8 Å². The maximum atomic E-state index is 6.36. The molecule has 4 saturated carbocycles. The maximum absolute atomic E-state index is 6.36. The monoisotopic (exact) mass is 453 g/mol. The van der Waals surface area contributed by atoms with Crippen LogP contribution in [0.2, 0.25) is 5.02 Å². The second-order valence-corrected chi connectivity index (χ2v) is 10.8. The number of hydrogen-bond acceptors (Lipinski definition) is 3. The van der Waals surface area contributed by atoms with Crippen LogP contribution in [0.25, 0.3) is 0 Å². The highest BCUT2D eigenvalue weighted by Gasteiger charge is 2.52. The Morgan fingerprint density at radius 2 is 1.59 bits per heavy atom. The SMILES string of the molecule is CCOc1cccc(CN[C@H](C)C23CC4CC(CC(C4)C2)C3)c1OCc1ccccc1Cl. The van der Waals surface area contributed by atoms with E-state index in [1.165, 1.54) is 38.5 Å². The van der Waals surface area contributed by atoms with Crippen LogP contribution in [-0.4, -0.2) is 12.6 Å². The van der Waals surface area contributed by atoms with Crippen LogP contribution in [0, 0.1) is 23.2 Å². The molecule has 1 N–H and O–H groups in total. The average Bonchev–Trinajstić information content (AvgIpc) is 2.77. The van der Waals surface area contributed by atoms with Crippen LogP contribution in [0.15, 0.2) is 42.5 Å². The molecule has 0 unspecified atom stereocenters. The van der Waals surface area contributed by atoms with Crippen LogP contribution >= 0.6 is 11.6 Å².